The summed E-state index contributed by atoms with van der Waals surface area (Å²) in [7, 11) is 0. The molecule has 0 aliphatic carbocycles. The molecule has 1 fully saturated rings. The fourth-order valence-corrected chi connectivity index (χ4v) is 3.83. The van der Waals surface area contributed by atoms with Gasteiger partial charge in [-0.25, -0.2) is 27.0 Å². The average Bonchev–Trinajstić information content (AvgIpc) is 3.29. The fraction of sp³-hybridized carbons (Fsp3) is 0.429. The van der Waals surface area contributed by atoms with Crippen LogP contribution in [0, 0.1) is 5.92 Å². The lowest BCUT2D eigenvalue weighted by molar-refractivity contribution is -0.157. The number of likely N-dealkylation sites (tertiary alicyclic amines) is 1. The predicted octanol–water partition coefficient (Wildman–Crippen LogP) is 3.24. The summed E-state index contributed by atoms with van der Waals surface area (Å²) >= 11 is 3.71. The summed E-state index contributed by atoms with van der Waals surface area (Å²) in [6, 6.07) is 6.84. The number of carbonyl (C=O) groups is 3. The minimum absolute atomic E-state index is 0.0418. The first kappa shape index (κ1) is 25.5. The first-order chi connectivity index (χ1) is 16.2. The number of thiol groups is 1. The van der Waals surface area contributed by atoms with Crippen molar-refractivity contribution in [3.8, 4) is 0 Å². The van der Waals surface area contributed by atoms with E-state index in [1.165, 1.54) is 4.90 Å². The lowest BCUT2D eigenvalue weighted by atomic mass is 9.96. The maximum atomic E-state index is 13.6. The topological polar surface area (TPSA) is 93.5 Å². The summed E-state index contributed by atoms with van der Waals surface area (Å²) in [6.45, 7) is -0.180. The zero-order valence-electron chi connectivity index (χ0n) is 17.7. The molecule has 1 N–H and O–H groups in total. The number of carbonyl (C=O) groups excluding carboxylic acids is 3. The van der Waals surface area contributed by atoms with E-state index >= 15 is 0 Å². The maximum Gasteiger partial charge on any atom is 0.341 e. The first-order valence-electron chi connectivity index (χ1n) is 10.3. The van der Waals surface area contributed by atoms with Gasteiger partial charge in [-0.1, -0.05) is 43.1 Å². The van der Waals surface area contributed by atoms with Gasteiger partial charge in [0.2, 0.25) is 11.9 Å². The monoisotopic (exact) mass is 502 g/mol. The zero-order chi connectivity index (χ0) is 24.8. The molecule has 3 rings (SSSR count). The Morgan fingerprint density at radius 2 is 1.74 bits per heavy atom. The molecule has 2 heterocycles. The summed E-state index contributed by atoms with van der Waals surface area (Å²) in [6.07, 6.45) is -5.98. The first-order valence-corrected chi connectivity index (χ1v) is 10.8. The van der Waals surface area contributed by atoms with Crippen molar-refractivity contribution in [2.75, 3.05) is 13.1 Å². The van der Waals surface area contributed by atoms with E-state index < -0.39 is 48.1 Å². The molecule has 1 unspecified atom stereocenters. The summed E-state index contributed by atoms with van der Waals surface area (Å²) in [5.41, 5.74) is -1.42. The van der Waals surface area contributed by atoms with E-state index in [4.69, 9.17) is 4.74 Å². The molecule has 1 atom stereocenters. The number of piperidine rings is 1. The van der Waals surface area contributed by atoms with Crippen LogP contribution >= 0.6 is 12.8 Å². The molecule has 1 aliphatic heterocycles. The van der Waals surface area contributed by atoms with Gasteiger partial charge in [-0.2, -0.15) is 5.10 Å². The van der Waals surface area contributed by atoms with E-state index in [1.807, 2.05) is 0 Å². The lowest BCUT2D eigenvalue weighted by Crippen LogP contribution is -2.47. The van der Waals surface area contributed by atoms with Gasteiger partial charge in [-0.15, -0.1) is 0 Å². The van der Waals surface area contributed by atoms with E-state index in [9.17, 15) is 31.9 Å². The molecule has 0 spiro atoms. The molecule has 13 heteroatoms. The second kappa shape index (κ2) is 11.4. The van der Waals surface area contributed by atoms with Crippen LogP contribution in [0.25, 0.3) is 0 Å². The Morgan fingerprint density at radius 1 is 1.09 bits per heavy atom. The third-order valence-corrected chi connectivity index (χ3v) is 5.66. The van der Waals surface area contributed by atoms with Crippen molar-refractivity contribution in [3.05, 3.63) is 53.3 Å². The minimum atomic E-state index is -3.28. The number of ether oxygens (including phenoxy) is 1. The largest absolute Gasteiger partial charge is 0.459 e. The number of benzene rings is 1. The molecule has 0 bridgehead atoms. The van der Waals surface area contributed by atoms with Gasteiger partial charge in [0.25, 0.3) is 18.8 Å². The molecule has 0 radical (unpaired) electrons. The molecule has 0 saturated carbocycles. The van der Waals surface area contributed by atoms with E-state index in [1.54, 1.807) is 30.3 Å². The highest BCUT2D eigenvalue weighted by Gasteiger charge is 2.40. The highest BCUT2D eigenvalue weighted by atomic mass is 32.1. The van der Waals surface area contributed by atoms with Crippen molar-refractivity contribution >= 4 is 30.6 Å². The number of alkyl halides is 4. The number of nitrogens with zero attached hydrogens (tertiary/aromatic N) is 3. The number of halogens is 4. The van der Waals surface area contributed by atoms with Gasteiger partial charge in [0.15, 0.2) is 0 Å². The Kier molecular flexibility index (Phi) is 8.53. The number of hydrogen-bond acceptors (Lipinski definition) is 6. The van der Waals surface area contributed by atoms with Crippen LogP contribution in [0.2, 0.25) is 0 Å². The molecule has 8 nitrogen and oxygen atoms in total. The quantitative estimate of drug-likeness (QED) is 0.250. The molecule has 2 aromatic rings. The van der Waals surface area contributed by atoms with E-state index in [0.29, 0.717) is 16.3 Å². The SMILES string of the molecule is O=C(NS)C1CCN(C(=O)C(C(=O)OCc2ccccc2)n2nc(C(F)F)cc2C(F)F)CC1. The summed E-state index contributed by atoms with van der Waals surface area (Å²) < 4.78 is 61.4. The van der Waals surface area contributed by atoms with Gasteiger partial charge >= 0.3 is 5.97 Å². The molecule has 1 aromatic heterocycles. The Balaban J connectivity index is 1.88. The van der Waals surface area contributed by atoms with Gasteiger partial charge in [-0.3, -0.25) is 9.59 Å². The zero-order valence-corrected chi connectivity index (χ0v) is 18.6. The van der Waals surface area contributed by atoms with Gasteiger partial charge in [-0.05, 0) is 24.5 Å². The number of amides is 2. The van der Waals surface area contributed by atoms with Crippen molar-refractivity contribution in [3.63, 3.8) is 0 Å². The van der Waals surface area contributed by atoms with E-state index in [0.717, 1.165) is 0 Å². The second-order valence-corrected chi connectivity index (χ2v) is 7.84. The standard InChI is InChI=1S/C21H22F4N4O4S/c22-17(23)14-10-15(18(24)25)29(26-14)16(21(32)33-11-12-4-2-1-3-5-12)20(31)28-8-6-13(7-9-28)19(30)27-34/h1-5,10,13,16-18,34H,6-9,11H2,(H,27,30). The van der Waals surface area contributed by atoms with Crippen molar-refractivity contribution in [2.45, 2.75) is 38.3 Å². The smallest absolute Gasteiger partial charge is 0.341 e. The summed E-state index contributed by atoms with van der Waals surface area (Å²) in [5, 5.41) is 3.44. The number of rotatable bonds is 8. The van der Waals surface area contributed by atoms with Crippen molar-refractivity contribution in [1.82, 2.24) is 19.4 Å². The Morgan fingerprint density at radius 3 is 2.29 bits per heavy atom. The van der Waals surface area contributed by atoms with Gasteiger partial charge in [0, 0.05) is 19.0 Å². The van der Waals surface area contributed by atoms with Crippen molar-refractivity contribution in [1.29, 1.82) is 0 Å². The molecule has 1 saturated heterocycles. The fourth-order valence-electron chi connectivity index (χ4n) is 3.64. The van der Waals surface area contributed by atoms with Crippen LogP contribution in [0.4, 0.5) is 17.6 Å². The van der Waals surface area contributed by atoms with Gasteiger partial charge < -0.3 is 14.4 Å². The Hall–Kier alpha value is -3.09. The van der Waals surface area contributed by atoms with Crippen LogP contribution < -0.4 is 4.72 Å². The van der Waals surface area contributed by atoms with Crippen LogP contribution in [0.5, 0.6) is 0 Å². The predicted molar refractivity (Wildman–Crippen MR) is 114 cm³/mol. The third-order valence-electron chi connectivity index (χ3n) is 5.44. The van der Waals surface area contributed by atoms with Crippen LogP contribution in [0.1, 0.15) is 48.7 Å². The molecular formula is C21H22F4N4O4S. The van der Waals surface area contributed by atoms with Gasteiger partial charge in [0.05, 0.1) is 0 Å². The number of nitrogens with one attached hydrogen (secondary N) is 1. The van der Waals surface area contributed by atoms with Crippen molar-refractivity contribution < 1.29 is 36.7 Å². The molecule has 2 amide bonds. The minimum Gasteiger partial charge on any atom is -0.459 e. The number of hydrogen-bond donors (Lipinski definition) is 2. The Bertz CT molecular complexity index is 1010. The summed E-state index contributed by atoms with van der Waals surface area (Å²) in [4.78, 5) is 39.2. The Labute approximate surface area is 197 Å². The molecule has 184 valence electrons. The highest BCUT2D eigenvalue weighted by molar-refractivity contribution is 7.78. The average molecular weight is 502 g/mol. The van der Waals surface area contributed by atoms with Gasteiger partial charge in [0.1, 0.15) is 18.0 Å². The number of esters is 1. The molecule has 1 aromatic carbocycles. The maximum absolute atomic E-state index is 13.6. The normalized spacial score (nSPS) is 15.4. The van der Waals surface area contributed by atoms with Crippen LogP contribution in [0.15, 0.2) is 36.4 Å². The highest BCUT2D eigenvalue weighted by Crippen LogP contribution is 2.30. The van der Waals surface area contributed by atoms with E-state index in [2.05, 4.69) is 22.6 Å². The molecule has 34 heavy (non-hydrogen) atoms. The molecular weight excluding hydrogens is 480 g/mol. The summed E-state index contributed by atoms with van der Waals surface area (Å²) in [5.74, 6) is -2.90. The number of aromatic nitrogens is 2. The van der Waals surface area contributed by atoms with E-state index in [-0.39, 0.29) is 38.4 Å². The lowest BCUT2D eigenvalue weighted by Gasteiger charge is -2.33. The second-order valence-electron chi connectivity index (χ2n) is 7.61. The van der Waals surface area contributed by atoms with Crippen LogP contribution in [-0.2, 0) is 25.7 Å². The van der Waals surface area contributed by atoms with Crippen molar-refractivity contribution in [2.24, 2.45) is 5.92 Å². The third kappa shape index (κ3) is 5.88. The van der Waals surface area contributed by atoms with Crippen LogP contribution in [-0.4, -0.2) is 45.6 Å². The van der Waals surface area contributed by atoms with Crippen LogP contribution in [0.3, 0.4) is 0 Å². The molecule has 1 aliphatic rings.